The van der Waals surface area contributed by atoms with Gasteiger partial charge in [0.15, 0.2) is 0 Å². The van der Waals surface area contributed by atoms with Crippen LogP contribution in [0, 0.1) is 29.6 Å². The van der Waals surface area contributed by atoms with Crippen LogP contribution in [0.5, 0.6) is 0 Å². The number of fused-ring (bicyclic) bond motifs is 2. The normalized spacial score (nSPS) is 42.5. The van der Waals surface area contributed by atoms with Crippen LogP contribution in [-0.4, -0.2) is 34.5 Å². The second-order valence-electron chi connectivity index (χ2n) is 8.54. The molecule has 0 spiro atoms. The van der Waals surface area contributed by atoms with Gasteiger partial charge < -0.3 is 10.0 Å². The monoisotopic (exact) mass is 319 g/mol. The van der Waals surface area contributed by atoms with Gasteiger partial charge in [0.05, 0.1) is 5.92 Å². The summed E-state index contributed by atoms with van der Waals surface area (Å²) in [6, 6.07) is 0.440. The summed E-state index contributed by atoms with van der Waals surface area (Å²) >= 11 is 0. The molecule has 1 amide bonds. The smallest absolute Gasteiger partial charge is 0.306 e. The van der Waals surface area contributed by atoms with E-state index in [-0.39, 0.29) is 17.7 Å². The maximum absolute atomic E-state index is 12.9. The van der Waals surface area contributed by atoms with Crippen molar-refractivity contribution < 1.29 is 14.7 Å². The van der Waals surface area contributed by atoms with Crippen LogP contribution in [-0.2, 0) is 9.59 Å². The SMILES string of the molecule is O=C(O)[C@@H]1CC[C@H](C(=O)N2CCCC2CC2CC3CCC2C3)C1. The van der Waals surface area contributed by atoms with Gasteiger partial charge in [-0.15, -0.1) is 0 Å². The molecule has 23 heavy (non-hydrogen) atoms. The molecule has 1 N–H and O–H groups in total. The first-order valence-electron chi connectivity index (χ1n) is 9.65. The lowest BCUT2D eigenvalue weighted by Gasteiger charge is -2.32. The number of likely N-dealkylation sites (tertiary alicyclic amines) is 1. The fourth-order valence-electron chi connectivity index (χ4n) is 6.05. The Kier molecular flexibility index (Phi) is 4.10. The molecule has 3 aliphatic carbocycles. The number of carboxylic acids is 1. The molecular weight excluding hydrogens is 290 g/mol. The van der Waals surface area contributed by atoms with Gasteiger partial charge in [0, 0.05) is 18.5 Å². The Hall–Kier alpha value is -1.06. The topological polar surface area (TPSA) is 57.6 Å². The number of aliphatic carboxylic acids is 1. The molecule has 0 aromatic heterocycles. The lowest BCUT2D eigenvalue weighted by Crippen LogP contribution is -2.40. The third-order valence-corrected chi connectivity index (χ3v) is 7.25. The first-order valence-corrected chi connectivity index (χ1v) is 9.65. The van der Waals surface area contributed by atoms with Crippen molar-refractivity contribution in [3.63, 3.8) is 0 Å². The highest BCUT2D eigenvalue weighted by atomic mass is 16.4. The van der Waals surface area contributed by atoms with E-state index in [1.165, 1.54) is 32.1 Å². The highest BCUT2D eigenvalue weighted by Crippen LogP contribution is 2.50. The third-order valence-electron chi connectivity index (χ3n) is 7.25. The zero-order valence-corrected chi connectivity index (χ0v) is 14.0. The molecule has 2 bridgehead atoms. The van der Waals surface area contributed by atoms with E-state index in [9.17, 15) is 9.59 Å². The second kappa shape index (κ2) is 6.10. The third kappa shape index (κ3) is 2.89. The lowest BCUT2D eigenvalue weighted by atomic mass is 9.83. The number of nitrogens with zero attached hydrogens (tertiary/aromatic N) is 1. The van der Waals surface area contributed by atoms with E-state index >= 15 is 0 Å². The molecule has 4 heteroatoms. The Labute approximate surface area is 138 Å². The number of hydrogen-bond donors (Lipinski definition) is 1. The highest BCUT2D eigenvalue weighted by molar-refractivity contribution is 5.81. The molecular formula is C19H29NO3. The van der Waals surface area contributed by atoms with Crippen molar-refractivity contribution >= 4 is 11.9 Å². The van der Waals surface area contributed by atoms with Crippen molar-refractivity contribution in [2.75, 3.05) is 6.54 Å². The van der Waals surface area contributed by atoms with Crippen LogP contribution in [0.2, 0.25) is 0 Å². The van der Waals surface area contributed by atoms with E-state index in [1.54, 1.807) is 0 Å². The largest absolute Gasteiger partial charge is 0.481 e. The van der Waals surface area contributed by atoms with Crippen LogP contribution in [0.25, 0.3) is 0 Å². The molecule has 1 heterocycles. The predicted octanol–water partition coefficient (Wildman–Crippen LogP) is 3.30. The molecule has 4 fully saturated rings. The molecule has 0 aromatic rings. The van der Waals surface area contributed by atoms with Crippen molar-refractivity contribution in [2.24, 2.45) is 29.6 Å². The van der Waals surface area contributed by atoms with Gasteiger partial charge in [0.2, 0.25) is 5.91 Å². The van der Waals surface area contributed by atoms with E-state index in [0.29, 0.717) is 18.9 Å². The predicted molar refractivity (Wildman–Crippen MR) is 86.8 cm³/mol. The maximum Gasteiger partial charge on any atom is 0.306 e. The van der Waals surface area contributed by atoms with Crippen molar-refractivity contribution in [3.8, 4) is 0 Å². The molecule has 6 atom stereocenters. The molecule has 4 rings (SSSR count). The van der Waals surface area contributed by atoms with Crippen LogP contribution < -0.4 is 0 Å². The average molecular weight is 319 g/mol. The summed E-state index contributed by atoms with van der Waals surface area (Å²) in [4.78, 5) is 26.2. The van der Waals surface area contributed by atoms with Gasteiger partial charge in [-0.05, 0) is 75.5 Å². The number of carboxylic acid groups (broad SMARTS) is 1. The van der Waals surface area contributed by atoms with Crippen molar-refractivity contribution in [1.82, 2.24) is 4.90 Å². The number of rotatable bonds is 4. The molecule has 4 nitrogen and oxygen atoms in total. The minimum absolute atomic E-state index is 0.0308. The summed E-state index contributed by atoms with van der Waals surface area (Å²) in [6.45, 7) is 0.901. The summed E-state index contributed by atoms with van der Waals surface area (Å²) in [6.07, 6.45) is 11.2. The van der Waals surface area contributed by atoms with E-state index in [1.807, 2.05) is 0 Å². The minimum Gasteiger partial charge on any atom is -0.481 e. The second-order valence-corrected chi connectivity index (χ2v) is 8.54. The zero-order chi connectivity index (χ0) is 16.0. The van der Waals surface area contributed by atoms with Gasteiger partial charge in [-0.25, -0.2) is 0 Å². The van der Waals surface area contributed by atoms with Crippen LogP contribution in [0.3, 0.4) is 0 Å². The molecule has 0 radical (unpaired) electrons. The van der Waals surface area contributed by atoms with Gasteiger partial charge in [0.25, 0.3) is 0 Å². The zero-order valence-electron chi connectivity index (χ0n) is 14.0. The molecule has 0 aromatic carbocycles. The summed E-state index contributed by atoms with van der Waals surface area (Å²) < 4.78 is 0. The minimum atomic E-state index is -0.722. The van der Waals surface area contributed by atoms with E-state index < -0.39 is 5.97 Å². The van der Waals surface area contributed by atoms with Crippen molar-refractivity contribution in [2.45, 2.75) is 70.3 Å². The maximum atomic E-state index is 12.9. The molecule has 4 aliphatic rings. The van der Waals surface area contributed by atoms with Gasteiger partial charge >= 0.3 is 5.97 Å². The van der Waals surface area contributed by atoms with Crippen LogP contribution in [0.15, 0.2) is 0 Å². The van der Waals surface area contributed by atoms with Crippen LogP contribution >= 0.6 is 0 Å². The highest BCUT2D eigenvalue weighted by Gasteiger charge is 2.43. The van der Waals surface area contributed by atoms with E-state index in [0.717, 1.165) is 43.6 Å². The summed E-state index contributed by atoms with van der Waals surface area (Å²) in [5.41, 5.74) is 0. The standard InChI is InChI=1S/C19H29NO3/c21-18(14-5-6-15(10-14)19(22)23)20-7-1-2-17(20)11-16-9-12-3-4-13(16)8-12/h12-17H,1-11H2,(H,22,23)/t12?,13?,14-,15+,16?,17?/m0/s1. The summed E-state index contributed by atoms with van der Waals surface area (Å²) in [7, 11) is 0. The van der Waals surface area contributed by atoms with E-state index in [2.05, 4.69) is 4.90 Å². The molecule has 3 saturated carbocycles. The summed E-state index contributed by atoms with van der Waals surface area (Å²) in [5.74, 6) is 1.97. The molecule has 1 saturated heterocycles. The van der Waals surface area contributed by atoms with Gasteiger partial charge in [-0.3, -0.25) is 9.59 Å². The quantitative estimate of drug-likeness (QED) is 0.865. The Morgan fingerprint density at radius 1 is 0.957 bits per heavy atom. The van der Waals surface area contributed by atoms with Gasteiger partial charge in [-0.1, -0.05) is 6.42 Å². The van der Waals surface area contributed by atoms with Crippen molar-refractivity contribution in [3.05, 3.63) is 0 Å². The Morgan fingerprint density at radius 3 is 2.43 bits per heavy atom. The molecule has 128 valence electrons. The Balaban J connectivity index is 1.36. The number of carbonyl (C=O) groups excluding carboxylic acids is 1. The van der Waals surface area contributed by atoms with Crippen LogP contribution in [0.1, 0.15) is 64.2 Å². The fraction of sp³-hybridized carbons (Fsp3) is 0.895. The Morgan fingerprint density at radius 2 is 1.78 bits per heavy atom. The summed E-state index contributed by atoms with van der Waals surface area (Å²) in [5, 5.41) is 9.16. The fourth-order valence-corrected chi connectivity index (χ4v) is 6.05. The average Bonchev–Trinajstić information content (AvgIpc) is 3.30. The number of hydrogen-bond acceptors (Lipinski definition) is 2. The van der Waals surface area contributed by atoms with Gasteiger partial charge in [-0.2, -0.15) is 0 Å². The molecule has 1 aliphatic heterocycles. The van der Waals surface area contributed by atoms with Crippen LogP contribution in [0.4, 0.5) is 0 Å². The van der Waals surface area contributed by atoms with Crippen molar-refractivity contribution in [1.29, 1.82) is 0 Å². The van der Waals surface area contributed by atoms with E-state index in [4.69, 9.17) is 5.11 Å². The Bertz CT molecular complexity index is 491. The first-order chi connectivity index (χ1) is 11.1. The number of amides is 1. The first kappa shape index (κ1) is 15.5. The molecule has 4 unspecified atom stereocenters. The van der Waals surface area contributed by atoms with Gasteiger partial charge in [0.1, 0.15) is 0 Å². The number of carbonyl (C=O) groups is 2. The lowest BCUT2D eigenvalue weighted by molar-refractivity contribution is -0.141.